The van der Waals surface area contributed by atoms with Crippen molar-refractivity contribution >= 4 is 22.6 Å². The lowest BCUT2D eigenvalue weighted by Crippen LogP contribution is -2.54. The monoisotopic (exact) mass is 376 g/mol. The van der Waals surface area contributed by atoms with Gasteiger partial charge in [0.2, 0.25) is 5.91 Å². The number of fused-ring (bicyclic) bond motifs is 1. The minimum atomic E-state index is -0.117. The maximum atomic E-state index is 13.0. The second-order valence-corrected chi connectivity index (χ2v) is 9.24. The Bertz CT molecular complexity index is 879. The lowest BCUT2D eigenvalue weighted by atomic mass is 9.49. The van der Waals surface area contributed by atoms with Crippen LogP contribution in [0.4, 0.5) is 0 Å². The van der Waals surface area contributed by atoms with Gasteiger partial charge in [-0.2, -0.15) is 0 Å². The summed E-state index contributed by atoms with van der Waals surface area (Å²) in [5, 5.41) is 8.12. The molecule has 146 valence electrons. The van der Waals surface area contributed by atoms with Crippen LogP contribution in [-0.4, -0.2) is 24.9 Å². The molecule has 2 aromatic rings. The van der Waals surface area contributed by atoms with Gasteiger partial charge in [0.25, 0.3) is 5.91 Å². The van der Waals surface area contributed by atoms with Crippen molar-refractivity contribution in [2.24, 2.45) is 23.2 Å². The largest absolute Gasteiger partial charge is 0.354 e. The molecule has 0 saturated heterocycles. The van der Waals surface area contributed by atoms with E-state index in [0.717, 1.165) is 47.8 Å². The molecule has 4 bridgehead atoms. The van der Waals surface area contributed by atoms with Gasteiger partial charge in [-0.25, -0.2) is 0 Å². The first-order chi connectivity index (χ1) is 13.6. The number of hydrogen-bond donors (Lipinski definition) is 2. The van der Waals surface area contributed by atoms with Crippen LogP contribution in [0.3, 0.4) is 0 Å². The highest BCUT2D eigenvalue weighted by Crippen LogP contribution is 2.60. The van der Waals surface area contributed by atoms with Crippen molar-refractivity contribution in [3.8, 4) is 0 Å². The topological polar surface area (TPSA) is 58.2 Å². The van der Waals surface area contributed by atoms with Crippen LogP contribution in [0.1, 0.15) is 48.9 Å². The van der Waals surface area contributed by atoms with Crippen LogP contribution in [0.15, 0.2) is 42.5 Å². The summed E-state index contributed by atoms with van der Waals surface area (Å²) in [5.74, 6) is 2.45. The third kappa shape index (κ3) is 3.09. The Labute approximate surface area is 166 Å². The van der Waals surface area contributed by atoms with Gasteiger partial charge in [0.1, 0.15) is 0 Å². The average Bonchev–Trinajstić information content (AvgIpc) is 2.69. The first kappa shape index (κ1) is 17.7. The Kier molecular flexibility index (Phi) is 4.37. The van der Waals surface area contributed by atoms with Crippen LogP contribution in [-0.2, 0) is 4.79 Å². The van der Waals surface area contributed by atoms with Crippen LogP contribution in [0.5, 0.6) is 0 Å². The molecule has 2 aromatic carbocycles. The van der Waals surface area contributed by atoms with E-state index < -0.39 is 0 Å². The van der Waals surface area contributed by atoms with E-state index in [1.807, 2.05) is 42.5 Å². The molecular weight excluding hydrogens is 348 g/mol. The van der Waals surface area contributed by atoms with Crippen LogP contribution in [0.2, 0.25) is 0 Å². The normalized spacial score (nSPS) is 30.4. The minimum Gasteiger partial charge on any atom is -0.354 e. The van der Waals surface area contributed by atoms with E-state index in [9.17, 15) is 9.59 Å². The van der Waals surface area contributed by atoms with Crippen molar-refractivity contribution in [1.29, 1.82) is 0 Å². The van der Waals surface area contributed by atoms with Crippen LogP contribution in [0, 0.1) is 23.2 Å². The van der Waals surface area contributed by atoms with Crippen molar-refractivity contribution in [3.05, 3.63) is 48.0 Å². The fourth-order valence-electron chi connectivity index (χ4n) is 6.45. The quantitative estimate of drug-likeness (QED) is 0.778. The Morgan fingerprint density at radius 2 is 1.43 bits per heavy atom. The van der Waals surface area contributed by atoms with Gasteiger partial charge in [0.15, 0.2) is 0 Å². The summed E-state index contributed by atoms with van der Waals surface area (Å²) >= 11 is 0. The van der Waals surface area contributed by atoms with Crippen molar-refractivity contribution in [2.75, 3.05) is 13.1 Å². The third-order valence-corrected chi connectivity index (χ3v) is 7.25. The van der Waals surface area contributed by atoms with Crippen molar-refractivity contribution in [1.82, 2.24) is 10.6 Å². The van der Waals surface area contributed by atoms with Crippen molar-refractivity contribution < 1.29 is 9.59 Å². The van der Waals surface area contributed by atoms with E-state index in [4.69, 9.17) is 0 Å². The van der Waals surface area contributed by atoms with Gasteiger partial charge >= 0.3 is 0 Å². The second-order valence-electron chi connectivity index (χ2n) is 9.24. The van der Waals surface area contributed by atoms with E-state index in [1.165, 1.54) is 19.3 Å². The molecule has 0 heterocycles. The summed E-state index contributed by atoms with van der Waals surface area (Å²) < 4.78 is 0. The molecule has 4 saturated carbocycles. The first-order valence-corrected chi connectivity index (χ1v) is 10.7. The number of benzene rings is 2. The summed E-state index contributed by atoms with van der Waals surface area (Å²) in [6, 6.07) is 13.7. The van der Waals surface area contributed by atoms with Gasteiger partial charge in [-0.05, 0) is 73.1 Å². The Morgan fingerprint density at radius 1 is 0.821 bits per heavy atom. The van der Waals surface area contributed by atoms with Gasteiger partial charge in [0, 0.05) is 24.1 Å². The molecule has 4 aliphatic carbocycles. The standard InChI is InChI=1S/C24H28N2O2/c27-22(21-7-3-5-19-4-1-2-6-20(19)21)25-8-9-26-23(28)24-13-16-10-17(14-24)12-18(11-16)15-24/h1-7,16-18H,8-15H2,(H,25,27)(H,26,28). The fraction of sp³-hybridized carbons (Fsp3) is 0.500. The molecule has 28 heavy (non-hydrogen) atoms. The van der Waals surface area contributed by atoms with E-state index in [1.54, 1.807) is 0 Å². The predicted molar refractivity (Wildman–Crippen MR) is 110 cm³/mol. The smallest absolute Gasteiger partial charge is 0.251 e. The molecule has 4 fully saturated rings. The highest BCUT2D eigenvalue weighted by Gasteiger charge is 2.54. The Balaban J connectivity index is 1.17. The molecule has 0 unspecified atom stereocenters. The highest BCUT2D eigenvalue weighted by molar-refractivity contribution is 6.07. The molecular formula is C24H28N2O2. The summed E-state index contributed by atoms with van der Waals surface area (Å²) in [5.41, 5.74) is 0.569. The number of hydrogen-bond acceptors (Lipinski definition) is 2. The zero-order valence-electron chi connectivity index (χ0n) is 16.2. The van der Waals surface area contributed by atoms with Crippen molar-refractivity contribution in [3.63, 3.8) is 0 Å². The average molecular weight is 377 g/mol. The Hall–Kier alpha value is -2.36. The zero-order chi connectivity index (χ0) is 19.1. The number of carbonyl (C=O) groups excluding carboxylic acids is 2. The summed E-state index contributed by atoms with van der Waals surface area (Å²) in [7, 11) is 0. The molecule has 4 aliphatic rings. The van der Waals surface area contributed by atoms with Crippen LogP contribution < -0.4 is 10.6 Å². The second kappa shape index (κ2) is 6.91. The summed E-state index contributed by atoms with van der Waals surface area (Å²) in [6.45, 7) is 0.956. The maximum Gasteiger partial charge on any atom is 0.251 e. The highest BCUT2D eigenvalue weighted by atomic mass is 16.2. The molecule has 0 aliphatic heterocycles. The maximum absolute atomic E-state index is 13.0. The first-order valence-electron chi connectivity index (χ1n) is 10.7. The summed E-state index contributed by atoms with van der Waals surface area (Å²) in [6.07, 6.45) is 7.25. The van der Waals surface area contributed by atoms with E-state index >= 15 is 0 Å². The van der Waals surface area contributed by atoms with Gasteiger partial charge in [-0.1, -0.05) is 36.4 Å². The zero-order valence-corrected chi connectivity index (χ0v) is 16.2. The van der Waals surface area contributed by atoms with Crippen LogP contribution >= 0.6 is 0 Å². The molecule has 0 atom stereocenters. The number of nitrogens with one attached hydrogen (secondary N) is 2. The fourth-order valence-corrected chi connectivity index (χ4v) is 6.45. The van der Waals surface area contributed by atoms with E-state index in [-0.39, 0.29) is 17.2 Å². The predicted octanol–water partition coefficient (Wildman–Crippen LogP) is 3.90. The molecule has 4 heteroatoms. The van der Waals surface area contributed by atoms with Gasteiger partial charge in [-0.3, -0.25) is 9.59 Å². The summed E-state index contributed by atoms with van der Waals surface area (Å²) in [4.78, 5) is 25.6. The molecule has 2 N–H and O–H groups in total. The molecule has 0 aromatic heterocycles. The lowest BCUT2D eigenvalue weighted by molar-refractivity contribution is -0.146. The van der Waals surface area contributed by atoms with Gasteiger partial charge in [-0.15, -0.1) is 0 Å². The lowest BCUT2D eigenvalue weighted by Gasteiger charge is -2.55. The minimum absolute atomic E-state index is 0.0825. The number of rotatable bonds is 5. The Morgan fingerprint density at radius 3 is 2.14 bits per heavy atom. The SMILES string of the molecule is O=C(NCCNC(=O)C12CC3CC(CC(C3)C1)C2)c1cccc2ccccc12. The number of amides is 2. The molecule has 4 nitrogen and oxygen atoms in total. The molecule has 0 spiro atoms. The van der Waals surface area contributed by atoms with E-state index in [0.29, 0.717) is 18.7 Å². The molecule has 6 rings (SSSR count). The third-order valence-electron chi connectivity index (χ3n) is 7.25. The molecule has 0 radical (unpaired) electrons. The van der Waals surface area contributed by atoms with E-state index in [2.05, 4.69) is 10.6 Å². The van der Waals surface area contributed by atoms with Crippen molar-refractivity contribution in [2.45, 2.75) is 38.5 Å². The number of carbonyl (C=O) groups is 2. The van der Waals surface area contributed by atoms with Gasteiger partial charge < -0.3 is 10.6 Å². The van der Waals surface area contributed by atoms with Crippen LogP contribution in [0.25, 0.3) is 10.8 Å². The molecule has 2 amide bonds. The van der Waals surface area contributed by atoms with Gasteiger partial charge in [0.05, 0.1) is 0 Å².